The Hall–Kier alpha value is -0.620. The molecule has 100 valence electrons. The van der Waals surface area contributed by atoms with Crippen LogP contribution in [0.4, 0.5) is 0 Å². The SMILES string of the molecule is CC(C)CC(CN1CC(C)CS1(=O)=O)C(=O)O. The Morgan fingerprint density at radius 3 is 2.41 bits per heavy atom. The van der Waals surface area contributed by atoms with Crippen LogP contribution in [0.3, 0.4) is 0 Å². The lowest BCUT2D eigenvalue weighted by molar-refractivity contribution is -0.142. The fraction of sp³-hybridized carbons (Fsp3) is 0.909. The van der Waals surface area contributed by atoms with Crippen molar-refractivity contribution < 1.29 is 18.3 Å². The summed E-state index contributed by atoms with van der Waals surface area (Å²) >= 11 is 0. The van der Waals surface area contributed by atoms with E-state index < -0.39 is 21.9 Å². The molecule has 2 atom stereocenters. The van der Waals surface area contributed by atoms with Crippen molar-refractivity contribution in [3.8, 4) is 0 Å². The Morgan fingerprint density at radius 1 is 1.47 bits per heavy atom. The molecule has 0 aromatic carbocycles. The largest absolute Gasteiger partial charge is 0.481 e. The van der Waals surface area contributed by atoms with Crippen LogP contribution in [0.5, 0.6) is 0 Å². The Morgan fingerprint density at radius 2 is 2.06 bits per heavy atom. The van der Waals surface area contributed by atoms with Gasteiger partial charge in [0.1, 0.15) is 0 Å². The summed E-state index contributed by atoms with van der Waals surface area (Å²) < 4.78 is 24.8. The number of carboxylic acid groups (broad SMARTS) is 1. The van der Waals surface area contributed by atoms with Gasteiger partial charge < -0.3 is 5.11 Å². The lowest BCUT2D eigenvalue weighted by atomic mass is 9.97. The molecule has 5 nitrogen and oxygen atoms in total. The topological polar surface area (TPSA) is 74.7 Å². The molecule has 0 aliphatic carbocycles. The van der Waals surface area contributed by atoms with Crippen LogP contribution in [0.15, 0.2) is 0 Å². The molecule has 1 saturated heterocycles. The van der Waals surface area contributed by atoms with Crippen LogP contribution in [0, 0.1) is 17.8 Å². The van der Waals surface area contributed by atoms with Crippen molar-refractivity contribution >= 4 is 16.0 Å². The molecule has 0 saturated carbocycles. The van der Waals surface area contributed by atoms with Gasteiger partial charge in [-0.2, -0.15) is 0 Å². The van der Waals surface area contributed by atoms with Gasteiger partial charge >= 0.3 is 5.97 Å². The summed E-state index contributed by atoms with van der Waals surface area (Å²) in [5.41, 5.74) is 0. The molecule has 0 spiro atoms. The average molecular weight is 263 g/mol. The maximum Gasteiger partial charge on any atom is 0.307 e. The second-order valence-corrected chi connectivity index (χ2v) is 7.38. The van der Waals surface area contributed by atoms with Gasteiger partial charge in [-0.3, -0.25) is 4.79 Å². The summed E-state index contributed by atoms with van der Waals surface area (Å²) in [6.45, 7) is 6.31. The molecule has 0 aromatic heterocycles. The van der Waals surface area contributed by atoms with Crippen LogP contribution in [0.1, 0.15) is 27.2 Å². The number of aliphatic carboxylic acids is 1. The van der Waals surface area contributed by atoms with Gasteiger partial charge in [0.2, 0.25) is 10.0 Å². The van der Waals surface area contributed by atoms with E-state index in [0.29, 0.717) is 13.0 Å². The van der Waals surface area contributed by atoms with Gasteiger partial charge in [0.15, 0.2) is 0 Å². The number of nitrogens with zero attached hydrogens (tertiary/aromatic N) is 1. The molecule has 1 aliphatic rings. The summed E-state index contributed by atoms with van der Waals surface area (Å²) in [5, 5.41) is 9.10. The van der Waals surface area contributed by atoms with Crippen molar-refractivity contribution in [1.82, 2.24) is 4.31 Å². The van der Waals surface area contributed by atoms with E-state index in [0.717, 1.165) is 0 Å². The molecule has 1 fully saturated rings. The molecule has 0 radical (unpaired) electrons. The molecule has 0 amide bonds. The third-order valence-electron chi connectivity index (χ3n) is 2.93. The Kier molecular flexibility index (Phi) is 4.55. The van der Waals surface area contributed by atoms with E-state index in [2.05, 4.69) is 0 Å². The van der Waals surface area contributed by atoms with Crippen LogP contribution < -0.4 is 0 Å². The first kappa shape index (κ1) is 14.4. The van der Waals surface area contributed by atoms with Crippen molar-refractivity contribution in [1.29, 1.82) is 0 Å². The highest BCUT2D eigenvalue weighted by Crippen LogP contribution is 2.22. The number of hydrogen-bond donors (Lipinski definition) is 1. The Labute approximate surface area is 103 Å². The van der Waals surface area contributed by atoms with Gasteiger partial charge in [0, 0.05) is 13.1 Å². The van der Waals surface area contributed by atoms with Crippen molar-refractivity contribution in [2.75, 3.05) is 18.8 Å². The lowest BCUT2D eigenvalue weighted by Crippen LogP contribution is -2.35. The fourth-order valence-electron chi connectivity index (χ4n) is 2.24. The highest BCUT2D eigenvalue weighted by Gasteiger charge is 2.36. The Balaban J connectivity index is 2.71. The first-order valence-electron chi connectivity index (χ1n) is 5.93. The van der Waals surface area contributed by atoms with E-state index in [-0.39, 0.29) is 24.1 Å². The summed E-state index contributed by atoms with van der Waals surface area (Å²) in [5.74, 6) is -1.03. The van der Waals surface area contributed by atoms with Gasteiger partial charge in [-0.15, -0.1) is 0 Å². The van der Waals surface area contributed by atoms with Gasteiger partial charge in [-0.1, -0.05) is 20.8 Å². The molecule has 0 bridgehead atoms. The summed E-state index contributed by atoms with van der Waals surface area (Å²) in [6.07, 6.45) is 0.510. The normalized spacial score (nSPS) is 26.2. The zero-order chi connectivity index (χ0) is 13.2. The Bertz CT molecular complexity index is 377. The summed E-state index contributed by atoms with van der Waals surface area (Å²) in [6, 6.07) is 0. The van der Waals surface area contributed by atoms with Gasteiger partial charge in [0.05, 0.1) is 11.7 Å². The molecular formula is C11H21NO4S. The number of sulfonamides is 1. The first-order chi connectivity index (χ1) is 7.72. The van der Waals surface area contributed by atoms with Crippen LogP contribution in [-0.2, 0) is 14.8 Å². The van der Waals surface area contributed by atoms with Crippen LogP contribution in [0.25, 0.3) is 0 Å². The van der Waals surface area contributed by atoms with Crippen LogP contribution in [0.2, 0.25) is 0 Å². The lowest BCUT2D eigenvalue weighted by Gasteiger charge is -2.21. The third kappa shape index (κ3) is 3.96. The average Bonchev–Trinajstić information content (AvgIpc) is 2.37. The van der Waals surface area contributed by atoms with Crippen molar-refractivity contribution in [2.24, 2.45) is 17.8 Å². The first-order valence-corrected chi connectivity index (χ1v) is 7.54. The predicted molar refractivity (Wildman–Crippen MR) is 65.1 cm³/mol. The molecule has 6 heteroatoms. The minimum absolute atomic E-state index is 0.0912. The van der Waals surface area contributed by atoms with Crippen LogP contribution >= 0.6 is 0 Å². The molecule has 2 unspecified atom stereocenters. The second-order valence-electron chi connectivity index (χ2n) is 5.37. The van der Waals surface area contributed by atoms with E-state index in [4.69, 9.17) is 5.11 Å². The molecule has 1 heterocycles. The maximum atomic E-state index is 11.7. The maximum absolute atomic E-state index is 11.7. The zero-order valence-corrected chi connectivity index (χ0v) is 11.4. The minimum Gasteiger partial charge on any atom is -0.481 e. The smallest absolute Gasteiger partial charge is 0.307 e. The monoisotopic (exact) mass is 263 g/mol. The number of hydrogen-bond acceptors (Lipinski definition) is 3. The minimum atomic E-state index is -3.23. The third-order valence-corrected chi connectivity index (χ3v) is 5.01. The fourth-order valence-corrected chi connectivity index (χ4v) is 4.16. The molecule has 1 rings (SSSR count). The highest BCUT2D eigenvalue weighted by atomic mass is 32.2. The zero-order valence-electron chi connectivity index (χ0n) is 10.6. The highest BCUT2D eigenvalue weighted by molar-refractivity contribution is 7.89. The second kappa shape index (κ2) is 5.35. The van der Waals surface area contributed by atoms with E-state index in [1.807, 2.05) is 20.8 Å². The van der Waals surface area contributed by atoms with Crippen molar-refractivity contribution in [2.45, 2.75) is 27.2 Å². The van der Waals surface area contributed by atoms with E-state index in [1.54, 1.807) is 0 Å². The summed E-state index contributed by atoms with van der Waals surface area (Å²) in [4.78, 5) is 11.1. The van der Waals surface area contributed by atoms with Crippen molar-refractivity contribution in [3.63, 3.8) is 0 Å². The molecule has 0 aromatic rings. The quantitative estimate of drug-likeness (QED) is 0.803. The molecular weight excluding hydrogens is 242 g/mol. The van der Waals surface area contributed by atoms with Gasteiger partial charge in [0.25, 0.3) is 0 Å². The van der Waals surface area contributed by atoms with Gasteiger partial charge in [-0.25, -0.2) is 12.7 Å². The number of carboxylic acids is 1. The number of carbonyl (C=O) groups is 1. The van der Waals surface area contributed by atoms with E-state index in [1.165, 1.54) is 4.31 Å². The number of rotatable bonds is 5. The van der Waals surface area contributed by atoms with Crippen LogP contribution in [-0.4, -0.2) is 42.6 Å². The predicted octanol–water partition coefficient (Wildman–Crippen LogP) is 1.01. The van der Waals surface area contributed by atoms with Crippen molar-refractivity contribution in [3.05, 3.63) is 0 Å². The van der Waals surface area contributed by atoms with E-state index >= 15 is 0 Å². The molecule has 1 aliphatic heterocycles. The van der Waals surface area contributed by atoms with E-state index in [9.17, 15) is 13.2 Å². The standard InChI is InChI=1S/C11H21NO4S/c1-8(2)4-10(11(13)14)6-12-5-9(3)7-17(12,15)16/h8-10H,4-7H2,1-3H3,(H,13,14). The molecule has 1 N–H and O–H groups in total. The summed E-state index contributed by atoms with van der Waals surface area (Å²) in [7, 11) is -3.23. The molecule has 17 heavy (non-hydrogen) atoms. The van der Waals surface area contributed by atoms with Gasteiger partial charge in [-0.05, 0) is 18.3 Å².